The Morgan fingerprint density at radius 2 is 1.44 bits per heavy atom. The second kappa shape index (κ2) is 12.3. The van der Waals surface area contributed by atoms with E-state index >= 15 is 0 Å². The predicted octanol–water partition coefficient (Wildman–Crippen LogP) is 5.92. The zero-order chi connectivity index (χ0) is 30.9. The molecule has 0 aliphatic carbocycles. The normalized spacial score (nSPS) is 23.2. The molecule has 3 heterocycles. The van der Waals surface area contributed by atoms with Crippen LogP contribution in [-0.4, -0.2) is 64.1 Å². The maximum Gasteiger partial charge on any atom is 0.318 e. The average Bonchev–Trinajstić information content (AvgIpc) is 3.40. The Hall–Kier alpha value is -3.44. The van der Waals surface area contributed by atoms with Crippen LogP contribution in [0.25, 0.3) is 0 Å². The molecule has 5 rings (SSSR count). The lowest BCUT2D eigenvalue weighted by molar-refractivity contribution is -0.217. The van der Waals surface area contributed by atoms with E-state index in [-0.39, 0.29) is 18.2 Å². The van der Waals surface area contributed by atoms with Gasteiger partial charge >= 0.3 is 6.01 Å². The summed E-state index contributed by atoms with van der Waals surface area (Å²) in [6.45, 7) is 12.8. The van der Waals surface area contributed by atoms with Crippen LogP contribution < -0.4 is 19.1 Å². The quantitative estimate of drug-likeness (QED) is 0.305. The highest BCUT2D eigenvalue weighted by Crippen LogP contribution is 2.48. The summed E-state index contributed by atoms with van der Waals surface area (Å²) < 4.78 is 29.6. The summed E-state index contributed by atoms with van der Waals surface area (Å²) in [7, 11) is 3.31. The molecular formula is C33H44N4O6. The van der Waals surface area contributed by atoms with E-state index in [0.717, 1.165) is 28.2 Å². The van der Waals surface area contributed by atoms with Gasteiger partial charge in [0.1, 0.15) is 35.1 Å². The summed E-state index contributed by atoms with van der Waals surface area (Å²) in [4.78, 5) is 11.8. The van der Waals surface area contributed by atoms with Crippen LogP contribution in [0.1, 0.15) is 70.7 Å². The van der Waals surface area contributed by atoms with Gasteiger partial charge in [0.15, 0.2) is 5.79 Å². The van der Waals surface area contributed by atoms with Gasteiger partial charge in [-0.1, -0.05) is 31.2 Å². The van der Waals surface area contributed by atoms with Crippen molar-refractivity contribution in [1.82, 2.24) is 15.0 Å². The Balaban J connectivity index is 1.62. The van der Waals surface area contributed by atoms with Gasteiger partial charge in [0.2, 0.25) is 0 Å². The predicted molar refractivity (Wildman–Crippen MR) is 163 cm³/mol. The zero-order valence-electron chi connectivity index (χ0n) is 26.4. The van der Waals surface area contributed by atoms with Gasteiger partial charge in [-0.05, 0) is 76.4 Å². The number of ether oxygens (including phenoxy) is 5. The molecule has 2 aliphatic heterocycles. The number of methoxy groups -OCH3 is 2. The Kier molecular flexibility index (Phi) is 8.85. The van der Waals surface area contributed by atoms with Crippen molar-refractivity contribution in [1.29, 1.82) is 0 Å². The zero-order valence-corrected chi connectivity index (χ0v) is 26.4. The van der Waals surface area contributed by atoms with E-state index in [1.807, 2.05) is 90.1 Å². The minimum absolute atomic E-state index is 0.244. The fourth-order valence-electron chi connectivity index (χ4n) is 5.86. The smallest absolute Gasteiger partial charge is 0.318 e. The fourth-order valence-corrected chi connectivity index (χ4v) is 5.86. The average molecular weight is 593 g/mol. The highest BCUT2D eigenvalue weighted by molar-refractivity contribution is 5.51. The molecular weight excluding hydrogens is 548 g/mol. The van der Waals surface area contributed by atoms with Gasteiger partial charge in [0.05, 0.1) is 26.3 Å². The van der Waals surface area contributed by atoms with Gasteiger partial charge in [0.25, 0.3) is 0 Å². The summed E-state index contributed by atoms with van der Waals surface area (Å²) in [5, 5.41) is 12.9. The third-order valence-corrected chi connectivity index (χ3v) is 7.75. The van der Waals surface area contributed by atoms with E-state index in [9.17, 15) is 5.21 Å². The molecule has 232 valence electrons. The summed E-state index contributed by atoms with van der Waals surface area (Å²) in [5.74, 6) is 1.45. The standard InChI is InChI=1S/C33H44N4O6/c1-9-26-28-29(42-33(5,6)41-28)27(37(26)38)25-18-34-31(43-32(2,3)4)35-30(25)36(19-21-10-14-23(39-7)15-11-21)20-22-12-16-24(40-8)17-13-22/h10-18,26-29,38H,9,19-20H2,1-8H3/t26-,27+,28-,29+/m1/s1. The van der Waals surface area contributed by atoms with E-state index in [1.165, 1.54) is 5.06 Å². The molecule has 0 bridgehead atoms. The molecule has 0 amide bonds. The topological polar surface area (TPSA) is 98.6 Å². The third-order valence-electron chi connectivity index (χ3n) is 7.75. The summed E-state index contributed by atoms with van der Waals surface area (Å²) >= 11 is 0. The highest BCUT2D eigenvalue weighted by atomic mass is 16.8. The monoisotopic (exact) mass is 592 g/mol. The maximum atomic E-state index is 11.6. The Bertz CT molecular complexity index is 1330. The molecule has 43 heavy (non-hydrogen) atoms. The second-order valence-corrected chi connectivity index (χ2v) is 12.6. The molecule has 0 saturated carbocycles. The summed E-state index contributed by atoms with van der Waals surface area (Å²) in [6.07, 6.45) is 1.74. The van der Waals surface area contributed by atoms with Crippen molar-refractivity contribution in [2.24, 2.45) is 0 Å². The van der Waals surface area contributed by atoms with Crippen molar-refractivity contribution < 1.29 is 28.9 Å². The molecule has 0 radical (unpaired) electrons. The molecule has 0 unspecified atom stereocenters. The van der Waals surface area contributed by atoms with Gasteiger partial charge in [0, 0.05) is 24.8 Å². The van der Waals surface area contributed by atoms with Crippen LogP contribution in [0.5, 0.6) is 17.5 Å². The van der Waals surface area contributed by atoms with Crippen molar-refractivity contribution in [2.45, 2.75) is 96.7 Å². The number of aromatic nitrogens is 2. The number of nitrogens with zero attached hydrogens (tertiary/aromatic N) is 4. The Morgan fingerprint density at radius 1 is 0.907 bits per heavy atom. The Labute approximate surface area is 254 Å². The molecule has 0 spiro atoms. The van der Waals surface area contributed by atoms with Crippen LogP contribution in [0.2, 0.25) is 0 Å². The first-order valence-corrected chi connectivity index (χ1v) is 14.8. The van der Waals surface area contributed by atoms with Gasteiger partial charge in [-0.3, -0.25) is 0 Å². The van der Waals surface area contributed by atoms with E-state index in [1.54, 1.807) is 20.4 Å². The van der Waals surface area contributed by atoms with Gasteiger partial charge in [-0.15, -0.1) is 0 Å². The molecule has 10 heteroatoms. The van der Waals surface area contributed by atoms with Gasteiger partial charge in [-0.2, -0.15) is 10.0 Å². The van der Waals surface area contributed by atoms with Crippen molar-refractivity contribution in [2.75, 3.05) is 19.1 Å². The lowest BCUT2D eigenvalue weighted by Crippen LogP contribution is -2.37. The summed E-state index contributed by atoms with van der Waals surface area (Å²) in [5.41, 5.74) is 2.36. The van der Waals surface area contributed by atoms with Crippen LogP contribution >= 0.6 is 0 Å². The fraction of sp³-hybridized carbons (Fsp3) is 0.515. The first-order valence-electron chi connectivity index (χ1n) is 14.8. The number of hydroxylamine groups is 2. The molecule has 4 atom stereocenters. The SMILES string of the molecule is CC[C@@H]1[C@H]2OC(C)(C)O[C@H]2[C@H](c2cnc(OC(C)(C)C)nc2N(Cc2ccc(OC)cc2)Cc2ccc(OC)cc2)N1O. The van der Waals surface area contributed by atoms with Crippen LogP contribution in [0.3, 0.4) is 0 Å². The van der Waals surface area contributed by atoms with Crippen molar-refractivity contribution in [3.05, 3.63) is 71.4 Å². The van der Waals surface area contributed by atoms with Crippen molar-refractivity contribution in [3.63, 3.8) is 0 Å². The highest BCUT2D eigenvalue weighted by Gasteiger charge is 2.58. The number of hydrogen-bond acceptors (Lipinski definition) is 10. The lowest BCUT2D eigenvalue weighted by Gasteiger charge is -2.33. The second-order valence-electron chi connectivity index (χ2n) is 12.6. The van der Waals surface area contributed by atoms with Crippen LogP contribution in [0, 0.1) is 0 Å². The van der Waals surface area contributed by atoms with Crippen LogP contribution in [0.4, 0.5) is 5.82 Å². The van der Waals surface area contributed by atoms with Crippen LogP contribution in [-0.2, 0) is 22.6 Å². The summed E-state index contributed by atoms with van der Waals surface area (Å²) in [6, 6.07) is 15.4. The molecule has 2 fully saturated rings. The Morgan fingerprint density at radius 3 is 1.93 bits per heavy atom. The number of rotatable bonds is 10. The van der Waals surface area contributed by atoms with E-state index in [0.29, 0.717) is 25.3 Å². The molecule has 3 aromatic rings. The lowest BCUT2D eigenvalue weighted by atomic mass is 10.0. The van der Waals surface area contributed by atoms with Crippen molar-refractivity contribution >= 4 is 5.82 Å². The number of benzene rings is 2. The molecule has 1 N–H and O–H groups in total. The van der Waals surface area contributed by atoms with Crippen LogP contribution in [0.15, 0.2) is 54.7 Å². The maximum absolute atomic E-state index is 11.6. The number of hydrogen-bond donors (Lipinski definition) is 1. The molecule has 10 nitrogen and oxygen atoms in total. The first-order chi connectivity index (χ1) is 20.4. The molecule has 2 saturated heterocycles. The molecule has 1 aromatic heterocycles. The van der Waals surface area contributed by atoms with E-state index in [2.05, 4.69) is 9.88 Å². The van der Waals surface area contributed by atoms with Gasteiger partial charge in [-0.25, -0.2) is 4.98 Å². The van der Waals surface area contributed by atoms with E-state index in [4.69, 9.17) is 28.7 Å². The minimum atomic E-state index is -0.773. The molecule has 2 aromatic carbocycles. The van der Waals surface area contributed by atoms with Crippen molar-refractivity contribution in [3.8, 4) is 17.5 Å². The van der Waals surface area contributed by atoms with Gasteiger partial charge < -0.3 is 33.8 Å². The largest absolute Gasteiger partial charge is 0.497 e. The minimum Gasteiger partial charge on any atom is -0.497 e. The number of fused-ring (bicyclic) bond motifs is 1. The van der Waals surface area contributed by atoms with E-state index < -0.39 is 23.5 Å². The third kappa shape index (κ3) is 6.88. The number of anilines is 1. The first kappa shape index (κ1) is 31.0. The molecule has 2 aliphatic rings.